The number of nitrogens with zero attached hydrogens (tertiary/aromatic N) is 2. The molecule has 240 valence electrons. The topological polar surface area (TPSA) is 159 Å². The second kappa shape index (κ2) is 12.8. The van der Waals surface area contributed by atoms with Gasteiger partial charge in [0.25, 0.3) is 0 Å². The minimum absolute atomic E-state index is 0.0190. The highest BCUT2D eigenvalue weighted by Crippen LogP contribution is 2.44. The van der Waals surface area contributed by atoms with Crippen molar-refractivity contribution in [3.05, 3.63) is 75.4 Å². The summed E-state index contributed by atoms with van der Waals surface area (Å²) in [5, 5.41) is 9.21. The molecule has 3 aromatic rings. The molecule has 0 spiro atoms. The summed E-state index contributed by atoms with van der Waals surface area (Å²) in [5.74, 6) is -2.67. The fourth-order valence-electron chi connectivity index (χ4n) is 6.57. The number of allylic oxidation sites excluding steroid dienone is 1. The molecule has 1 amide bonds. The van der Waals surface area contributed by atoms with E-state index < -0.39 is 23.8 Å². The van der Waals surface area contributed by atoms with Crippen molar-refractivity contribution >= 4 is 57.1 Å². The van der Waals surface area contributed by atoms with E-state index in [1.165, 1.54) is 14.2 Å². The zero-order valence-electron chi connectivity index (χ0n) is 27.2. The lowest BCUT2D eigenvalue weighted by Gasteiger charge is -2.17. The summed E-state index contributed by atoms with van der Waals surface area (Å²) in [6.45, 7) is 13.9. The lowest BCUT2D eigenvalue weighted by atomic mass is 9.85. The van der Waals surface area contributed by atoms with Crippen molar-refractivity contribution in [2.45, 2.75) is 65.7 Å². The van der Waals surface area contributed by atoms with Crippen LogP contribution in [0.25, 0.3) is 39.3 Å². The lowest BCUT2D eigenvalue weighted by Crippen LogP contribution is -2.20. The van der Waals surface area contributed by atoms with E-state index in [1.807, 2.05) is 32.1 Å². The van der Waals surface area contributed by atoms with Gasteiger partial charge >= 0.3 is 11.9 Å². The van der Waals surface area contributed by atoms with E-state index in [-0.39, 0.29) is 35.6 Å². The Kier molecular flexibility index (Phi) is 8.98. The molecule has 46 heavy (non-hydrogen) atoms. The van der Waals surface area contributed by atoms with Gasteiger partial charge in [-0.25, -0.2) is 20.1 Å². The second-order valence-corrected chi connectivity index (χ2v) is 11.6. The standard InChI is InChI=1S/C35H39N5O6/c1-9-20-16(3)23-13-25-18(5)22(11-12-29(41)40-44)32(38-25)31(35(43)46-8)33-30(34(42)45-7)19(6)26(39-33)15-28-21(10-2)17(4)24(37-28)14-27(20)36-23/h9,13-15,18,22,36-37,44H,1,10-12H2,2-8H3,(H,40,41)/t18-,22-/m0/s1. The van der Waals surface area contributed by atoms with Crippen LogP contribution in [0.5, 0.6) is 0 Å². The zero-order valence-corrected chi connectivity index (χ0v) is 27.2. The normalized spacial score (nSPS) is 15.9. The molecule has 11 heteroatoms. The number of methoxy groups -OCH3 is 2. The Morgan fingerprint density at radius 3 is 2.28 bits per heavy atom. The Labute approximate surface area is 266 Å². The van der Waals surface area contributed by atoms with Gasteiger partial charge in [0.15, 0.2) is 0 Å². The maximum Gasteiger partial charge on any atom is 0.341 e. The number of hydrogen-bond donors (Lipinski definition) is 4. The van der Waals surface area contributed by atoms with Crippen molar-refractivity contribution in [1.82, 2.24) is 25.4 Å². The van der Waals surface area contributed by atoms with Gasteiger partial charge in [-0.3, -0.25) is 15.0 Å². The highest BCUT2D eigenvalue weighted by Gasteiger charge is 2.37. The van der Waals surface area contributed by atoms with Crippen LogP contribution in [-0.2, 0) is 25.5 Å². The van der Waals surface area contributed by atoms with Crippen molar-refractivity contribution in [1.29, 1.82) is 0 Å². The number of carbonyl (C=O) groups is 3. The molecule has 0 aliphatic carbocycles. The van der Waals surface area contributed by atoms with Crippen molar-refractivity contribution in [3.63, 3.8) is 0 Å². The van der Waals surface area contributed by atoms with E-state index in [2.05, 4.69) is 36.5 Å². The minimum atomic E-state index is -0.728. The van der Waals surface area contributed by atoms with Crippen molar-refractivity contribution < 1.29 is 29.1 Å². The van der Waals surface area contributed by atoms with Gasteiger partial charge in [-0.1, -0.05) is 26.5 Å². The van der Waals surface area contributed by atoms with Crippen LogP contribution in [-0.4, -0.2) is 57.2 Å². The summed E-state index contributed by atoms with van der Waals surface area (Å²) in [4.78, 5) is 56.1. The fourth-order valence-corrected chi connectivity index (χ4v) is 6.57. The Hall–Kier alpha value is -5.03. The molecule has 3 aromatic heterocycles. The number of nitrogens with one attached hydrogen (secondary N) is 3. The number of fused-ring (bicyclic) bond motifs is 8. The van der Waals surface area contributed by atoms with Crippen molar-refractivity contribution in [3.8, 4) is 0 Å². The first kappa shape index (κ1) is 32.4. The molecule has 0 radical (unpaired) electrons. The molecule has 2 atom stereocenters. The number of H-pyrrole nitrogens is 2. The predicted molar refractivity (Wildman–Crippen MR) is 176 cm³/mol. The predicted octanol–water partition coefficient (Wildman–Crippen LogP) is 6.20. The largest absolute Gasteiger partial charge is 0.465 e. The first-order chi connectivity index (χ1) is 22.0. The van der Waals surface area contributed by atoms with Crippen LogP contribution >= 0.6 is 0 Å². The molecular weight excluding hydrogens is 586 g/mol. The SMILES string of the molecule is C=Cc1c(C)c2cc3nc(c(C(=O)OC)c4nc(cc5[nH]c(cc1[nH]2)c(C)c5CC)C(C)=C4C(=O)OC)[C@@H](CCC(=O)NO)[C@@H]3C. The van der Waals surface area contributed by atoms with E-state index in [0.29, 0.717) is 22.7 Å². The summed E-state index contributed by atoms with van der Waals surface area (Å²) < 4.78 is 10.5. The summed E-state index contributed by atoms with van der Waals surface area (Å²) in [6, 6.07) is 5.88. The van der Waals surface area contributed by atoms with Crippen LogP contribution in [0, 0.1) is 13.8 Å². The lowest BCUT2D eigenvalue weighted by molar-refractivity contribution is -0.133. The number of aromatic amines is 2. The van der Waals surface area contributed by atoms with Gasteiger partial charge in [0.1, 0.15) is 5.56 Å². The van der Waals surface area contributed by atoms with Gasteiger partial charge in [0, 0.05) is 51.6 Å². The third-order valence-corrected chi connectivity index (χ3v) is 9.22. The van der Waals surface area contributed by atoms with Crippen LogP contribution in [0.3, 0.4) is 0 Å². The summed E-state index contributed by atoms with van der Waals surface area (Å²) in [5.41, 5.74) is 11.4. The number of ether oxygens (including phenoxy) is 2. The maximum absolute atomic E-state index is 13.7. The number of hydroxylamine groups is 1. The van der Waals surface area contributed by atoms with Crippen LogP contribution in [0.15, 0.2) is 24.8 Å². The number of aromatic nitrogens is 4. The quantitative estimate of drug-likeness (QED) is 0.137. The van der Waals surface area contributed by atoms with Gasteiger partial charge in [-0.15, -0.1) is 0 Å². The van der Waals surface area contributed by atoms with E-state index in [4.69, 9.17) is 19.4 Å². The third-order valence-electron chi connectivity index (χ3n) is 9.22. The highest BCUT2D eigenvalue weighted by molar-refractivity contribution is 6.26. The molecular formula is C35H39N5O6. The molecule has 11 nitrogen and oxygen atoms in total. The molecule has 2 aliphatic rings. The molecule has 4 N–H and O–H groups in total. The summed E-state index contributed by atoms with van der Waals surface area (Å²) in [6.07, 6.45) is 2.78. The van der Waals surface area contributed by atoms with Crippen LogP contribution < -0.4 is 5.48 Å². The Bertz CT molecular complexity index is 1980. The number of amides is 1. The van der Waals surface area contributed by atoms with Crippen LogP contribution in [0.4, 0.5) is 0 Å². The average molecular weight is 626 g/mol. The smallest absolute Gasteiger partial charge is 0.341 e. The Balaban J connectivity index is 2.04. The van der Waals surface area contributed by atoms with Crippen molar-refractivity contribution in [2.75, 3.05) is 14.2 Å². The number of esters is 2. The van der Waals surface area contributed by atoms with E-state index in [0.717, 1.165) is 50.7 Å². The molecule has 8 bridgehead atoms. The maximum atomic E-state index is 13.7. The van der Waals surface area contributed by atoms with Crippen LogP contribution in [0.2, 0.25) is 0 Å². The fraction of sp³-hybridized carbons (Fsp3) is 0.343. The molecule has 0 saturated carbocycles. The second-order valence-electron chi connectivity index (χ2n) is 11.6. The van der Waals surface area contributed by atoms with Gasteiger partial charge in [0.2, 0.25) is 5.91 Å². The van der Waals surface area contributed by atoms with Crippen molar-refractivity contribution in [2.24, 2.45) is 0 Å². The van der Waals surface area contributed by atoms with Gasteiger partial charge < -0.3 is 19.4 Å². The highest BCUT2D eigenvalue weighted by atomic mass is 16.5. The number of rotatable bonds is 7. The van der Waals surface area contributed by atoms with Gasteiger partial charge in [-0.05, 0) is 74.1 Å². The summed E-state index contributed by atoms with van der Waals surface area (Å²) >= 11 is 0. The molecule has 5 rings (SSSR count). The molecule has 0 saturated heterocycles. The third kappa shape index (κ3) is 5.40. The molecule has 2 aliphatic heterocycles. The first-order valence-electron chi connectivity index (χ1n) is 15.2. The zero-order chi connectivity index (χ0) is 33.4. The Morgan fingerprint density at radius 2 is 1.65 bits per heavy atom. The monoisotopic (exact) mass is 625 g/mol. The molecule has 0 aromatic carbocycles. The average Bonchev–Trinajstić information content (AvgIpc) is 3.72. The van der Waals surface area contributed by atoms with E-state index in [1.54, 1.807) is 12.4 Å². The molecule has 0 unspecified atom stereocenters. The molecule has 0 fully saturated rings. The molecule has 5 heterocycles. The number of hydrogen-bond acceptors (Lipinski definition) is 8. The van der Waals surface area contributed by atoms with Gasteiger partial charge in [-0.2, -0.15) is 0 Å². The van der Waals surface area contributed by atoms with Gasteiger partial charge in [0.05, 0.1) is 36.9 Å². The first-order valence-corrected chi connectivity index (χ1v) is 15.2. The summed E-state index contributed by atoms with van der Waals surface area (Å²) in [7, 11) is 2.53. The number of aryl methyl sites for hydroxylation is 3. The minimum Gasteiger partial charge on any atom is -0.465 e. The van der Waals surface area contributed by atoms with E-state index >= 15 is 0 Å². The van der Waals surface area contributed by atoms with E-state index in [9.17, 15) is 19.6 Å². The Morgan fingerprint density at radius 1 is 0.978 bits per heavy atom. The number of carbonyl (C=O) groups excluding carboxylic acids is 3. The van der Waals surface area contributed by atoms with Crippen LogP contribution in [0.1, 0.15) is 101 Å².